The summed E-state index contributed by atoms with van der Waals surface area (Å²) in [7, 11) is 2.93. The average Bonchev–Trinajstić information content (AvgIpc) is 3.61. The molecule has 10 heteroatoms. The quantitative estimate of drug-likeness (QED) is 0.165. The molecule has 1 saturated carbocycles. The van der Waals surface area contributed by atoms with E-state index >= 15 is 0 Å². The predicted molar refractivity (Wildman–Crippen MR) is 177 cm³/mol. The molecule has 6 unspecified atom stereocenters. The number of carbonyl (C=O) groups is 3. The van der Waals surface area contributed by atoms with Crippen molar-refractivity contribution in [1.82, 2.24) is 10.2 Å². The standard InChI is InChI=1S/C36H51N3O7/c1-9-11-12-13-24-18-30(24)46-35(42)38-31(36(4,5)6)33(40)39-21-26(20-29(39)34(41)44-8)45-32-23(10-2)15-14-22(3)27-17-16-25(43-7)19-28(27)37-32/h9,15-17,19,22,24,26,29-31H,1,10-14,18,20-21H2,2-8H3,(H,38,42). The second-order valence-electron chi connectivity index (χ2n) is 13.7. The Labute approximate surface area is 273 Å². The van der Waals surface area contributed by atoms with Crippen molar-refractivity contribution in [1.29, 1.82) is 0 Å². The molecule has 10 nitrogen and oxygen atoms in total. The molecule has 6 atom stereocenters. The molecule has 2 fully saturated rings. The Morgan fingerprint density at radius 1 is 1.20 bits per heavy atom. The summed E-state index contributed by atoms with van der Waals surface area (Å²) in [4.78, 5) is 46.6. The molecule has 0 radical (unpaired) electrons. The molecule has 0 aromatic heterocycles. The van der Waals surface area contributed by atoms with Gasteiger partial charge in [-0.05, 0) is 67.4 Å². The van der Waals surface area contributed by atoms with E-state index in [0.717, 1.165) is 48.9 Å². The van der Waals surface area contributed by atoms with Crippen LogP contribution in [-0.4, -0.2) is 73.8 Å². The molecule has 1 aromatic carbocycles. The van der Waals surface area contributed by atoms with E-state index in [9.17, 15) is 14.4 Å². The summed E-state index contributed by atoms with van der Waals surface area (Å²) in [5.41, 5.74) is 2.15. The van der Waals surface area contributed by atoms with Crippen LogP contribution in [0.25, 0.3) is 0 Å². The fraction of sp³-hybridized carbons (Fsp3) is 0.611. The molecule has 0 spiro atoms. The van der Waals surface area contributed by atoms with E-state index in [1.807, 2.05) is 45.0 Å². The molecule has 1 aliphatic carbocycles. The first-order chi connectivity index (χ1) is 21.9. The molecule has 0 bridgehead atoms. The van der Waals surface area contributed by atoms with Crippen molar-refractivity contribution in [2.45, 2.75) is 110 Å². The molecule has 2 heterocycles. The number of fused-ring (bicyclic) bond motifs is 1. The lowest BCUT2D eigenvalue weighted by Gasteiger charge is -2.34. The fourth-order valence-corrected chi connectivity index (χ4v) is 6.22. The molecule has 3 aliphatic rings. The molecule has 1 N–H and O–H groups in total. The second kappa shape index (κ2) is 15.2. The zero-order valence-corrected chi connectivity index (χ0v) is 28.5. The number of amides is 2. The van der Waals surface area contributed by atoms with E-state index in [4.69, 9.17) is 23.9 Å². The molecule has 4 rings (SSSR count). The lowest BCUT2D eigenvalue weighted by molar-refractivity contribution is -0.152. The van der Waals surface area contributed by atoms with Gasteiger partial charge in [0.05, 0.1) is 26.5 Å². The minimum Gasteiger partial charge on any atom is -0.497 e. The highest BCUT2D eigenvalue weighted by Crippen LogP contribution is 2.39. The van der Waals surface area contributed by atoms with Gasteiger partial charge < -0.3 is 29.2 Å². The van der Waals surface area contributed by atoms with Crippen molar-refractivity contribution in [2.75, 3.05) is 20.8 Å². The van der Waals surface area contributed by atoms with E-state index in [1.54, 1.807) is 7.11 Å². The molecule has 1 saturated heterocycles. The summed E-state index contributed by atoms with van der Waals surface area (Å²) in [5, 5.41) is 2.82. The zero-order chi connectivity index (χ0) is 33.6. The zero-order valence-electron chi connectivity index (χ0n) is 28.5. The lowest BCUT2D eigenvalue weighted by Crippen LogP contribution is -2.57. The van der Waals surface area contributed by atoms with Crippen molar-refractivity contribution in [3.8, 4) is 5.75 Å². The molecular formula is C36H51N3O7. The van der Waals surface area contributed by atoms with Crippen LogP contribution in [0.15, 0.2) is 47.5 Å². The van der Waals surface area contributed by atoms with Crippen LogP contribution in [0.3, 0.4) is 0 Å². The Morgan fingerprint density at radius 3 is 2.61 bits per heavy atom. The first-order valence-electron chi connectivity index (χ1n) is 16.5. The Bertz CT molecular complexity index is 1350. The third-order valence-corrected chi connectivity index (χ3v) is 9.14. The number of hydrogen-bond donors (Lipinski definition) is 1. The number of allylic oxidation sites excluding steroid dienone is 2. The van der Waals surface area contributed by atoms with Gasteiger partial charge in [-0.1, -0.05) is 52.8 Å². The second-order valence-corrected chi connectivity index (χ2v) is 13.7. The topological polar surface area (TPSA) is 116 Å². The van der Waals surface area contributed by atoms with Gasteiger partial charge in [-0.25, -0.2) is 14.6 Å². The van der Waals surface area contributed by atoms with Crippen LogP contribution in [0, 0.1) is 11.3 Å². The third-order valence-electron chi connectivity index (χ3n) is 9.14. The van der Waals surface area contributed by atoms with E-state index in [0.29, 0.717) is 24.0 Å². The number of aliphatic imine (C=N–C) groups is 1. The highest BCUT2D eigenvalue weighted by molar-refractivity contribution is 5.96. The van der Waals surface area contributed by atoms with Gasteiger partial charge in [0, 0.05) is 18.1 Å². The van der Waals surface area contributed by atoms with Crippen LogP contribution in [0.5, 0.6) is 5.75 Å². The maximum atomic E-state index is 14.2. The summed E-state index contributed by atoms with van der Waals surface area (Å²) >= 11 is 0. The van der Waals surface area contributed by atoms with Gasteiger partial charge in [0.25, 0.3) is 0 Å². The first-order valence-corrected chi connectivity index (χ1v) is 16.5. The monoisotopic (exact) mass is 637 g/mol. The summed E-state index contributed by atoms with van der Waals surface area (Å²) < 4.78 is 22.8. The summed E-state index contributed by atoms with van der Waals surface area (Å²) in [6.45, 7) is 13.7. The third kappa shape index (κ3) is 8.50. The molecule has 1 aromatic rings. The van der Waals surface area contributed by atoms with Crippen molar-refractivity contribution in [2.24, 2.45) is 16.3 Å². The van der Waals surface area contributed by atoms with Gasteiger partial charge in [-0.3, -0.25) is 4.79 Å². The maximum Gasteiger partial charge on any atom is 0.408 e. The summed E-state index contributed by atoms with van der Waals surface area (Å²) in [5.74, 6) is 0.831. The van der Waals surface area contributed by atoms with Gasteiger partial charge in [0.15, 0.2) is 0 Å². The molecule has 252 valence electrons. The molecule has 46 heavy (non-hydrogen) atoms. The number of methoxy groups -OCH3 is 2. The van der Waals surface area contributed by atoms with Crippen LogP contribution < -0.4 is 10.1 Å². The highest BCUT2D eigenvalue weighted by atomic mass is 16.6. The van der Waals surface area contributed by atoms with Crippen LogP contribution >= 0.6 is 0 Å². The van der Waals surface area contributed by atoms with Crippen LogP contribution in [0.1, 0.15) is 91.0 Å². The van der Waals surface area contributed by atoms with Crippen molar-refractivity contribution in [3.63, 3.8) is 0 Å². The largest absolute Gasteiger partial charge is 0.497 e. The van der Waals surface area contributed by atoms with Gasteiger partial charge >= 0.3 is 12.1 Å². The number of rotatable bonds is 11. The number of hydrogen-bond acceptors (Lipinski definition) is 8. The number of likely N-dealkylation sites (tertiary alicyclic amines) is 1. The number of nitrogens with one attached hydrogen (secondary N) is 1. The minimum absolute atomic E-state index is 0.132. The minimum atomic E-state index is -0.936. The maximum absolute atomic E-state index is 14.2. The fourth-order valence-electron chi connectivity index (χ4n) is 6.22. The molecule has 2 amide bonds. The molecular weight excluding hydrogens is 586 g/mol. The van der Waals surface area contributed by atoms with Gasteiger partial charge in [0.2, 0.25) is 11.8 Å². The van der Waals surface area contributed by atoms with E-state index in [-0.39, 0.29) is 30.9 Å². The first kappa shape index (κ1) is 35.0. The normalized spacial score (nSPS) is 24.7. The van der Waals surface area contributed by atoms with Crippen LogP contribution in [0.2, 0.25) is 0 Å². The molecule has 2 aliphatic heterocycles. The number of alkyl carbamates (subject to hydrolysis) is 1. The Hall–Kier alpha value is -3.82. The smallest absolute Gasteiger partial charge is 0.408 e. The van der Waals surface area contributed by atoms with Gasteiger partial charge in [-0.2, -0.15) is 0 Å². The Balaban J connectivity index is 1.53. The van der Waals surface area contributed by atoms with Crippen molar-refractivity contribution < 1.29 is 33.3 Å². The highest BCUT2D eigenvalue weighted by Gasteiger charge is 2.47. The summed E-state index contributed by atoms with van der Waals surface area (Å²) in [6, 6.07) is 4.05. The number of ether oxygens (including phenoxy) is 4. The average molecular weight is 638 g/mol. The van der Waals surface area contributed by atoms with E-state index < -0.39 is 35.7 Å². The van der Waals surface area contributed by atoms with Crippen LogP contribution in [0.4, 0.5) is 10.5 Å². The summed E-state index contributed by atoms with van der Waals surface area (Å²) in [6.07, 6.45) is 8.23. The predicted octanol–water partition coefficient (Wildman–Crippen LogP) is 6.61. The van der Waals surface area contributed by atoms with Gasteiger partial charge in [-0.15, -0.1) is 6.58 Å². The van der Waals surface area contributed by atoms with E-state index in [1.165, 1.54) is 12.0 Å². The SMILES string of the molecule is C=CCCCC1CC1OC(=O)NC(C(=O)N1CC(OC2=Nc3cc(OC)ccc3C(C)CC=C2CC)CC1C(=O)OC)C(C)(C)C. The van der Waals surface area contributed by atoms with Crippen molar-refractivity contribution >= 4 is 29.6 Å². The van der Waals surface area contributed by atoms with Crippen LogP contribution in [-0.2, 0) is 23.8 Å². The number of benzene rings is 1. The van der Waals surface area contributed by atoms with E-state index in [2.05, 4.69) is 31.8 Å². The number of unbranched alkanes of at least 4 members (excludes halogenated alkanes) is 1. The number of carbonyl (C=O) groups excluding carboxylic acids is 3. The number of esters is 1. The Morgan fingerprint density at radius 2 is 1.96 bits per heavy atom. The lowest BCUT2D eigenvalue weighted by atomic mass is 9.85. The number of nitrogens with zero attached hydrogens (tertiary/aromatic N) is 2. The van der Waals surface area contributed by atoms with Crippen molar-refractivity contribution in [3.05, 3.63) is 48.1 Å². The Kier molecular flexibility index (Phi) is 11.6. The van der Waals surface area contributed by atoms with Gasteiger partial charge in [0.1, 0.15) is 30.0 Å².